The number of hydrogen-bond acceptors (Lipinski definition) is 13. The van der Waals surface area contributed by atoms with E-state index in [4.69, 9.17) is 38.7 Å². The minimum Gasteiger partial charge on any atom is -0.454 e. The van der Waals surface area contributed by atoms with Crippen molar-refractivity contribution < 1.29 is 8.83 Å². The maximum atomic E-state index is 7.13. The topological polar surface area (TPSA) is 168 Å². The number of benzene rings is 6. The summed E-state index contributed by atoms with van der Waals surface area (Å²) in [4.78, 5) is 53.6. The van der Waals surface area contributed by atoms with E-state index in [2.05, 4.69) is 85.6 Å². The zero-order chi connectivity index (χ0) is 62.3. The van der Waals surface area contributed by atoms with Gasteiger partial charge in [0.1, 0.15) is 22.4 Å². The van der Waals surface area contributed by atoms with Crippen molar-refractivity contribution in [2.24, 2.45) is 4.99 Å². The van der Waals surface area contributed by atoms with Crippen LogP contribution in [0.15, 0.2) is 282 Å². The molecule has 0 radical (unpaired) electrons. The molecule has 0 aliphatic carbocycles. The first-order valence-electron chi connectivity index (χ1n) is 30.3. The predicted octanol–water partition coefficient (Wildman–Crippen LogP) is 19.5. The Morgan fingerprint density at radius 3 is 1.08 bits per heavy atom. The number of pyridine rings is 6. The monoisotopic (exact) mass is 1190 g/mol. The van der Waals surface area contributed by atoms with Crippen molar-refractivity contribution in [3.8, 4) is 124 Å². The highest BCUT2D eigenvalue weighted by Gasteiger charge is 2.27. The van der Waals surface area contributed by atoms with Gasteiger partial charge in [-0.05, 0) is 109 Å². The number of aromatic nitrogens is 10. The summed E-state index contributed by atoms with van der Waals surface area (Å²) in [5, 5.41) is 2.54. The van der Waals surface area contributed by atoms with E-state index in [1.807, 2.05) is 178 Å². The number of fused-ring (bicyclic) bond motifs is 6. The molecule has 6 aromatic carbocycles. The molecule has 0 saturated carbocycles. The minimum absolute atomic E-state index is 0.552. The molecule has 0 aliphatic heterocycles. The van der Waals surface area contributed by atoms with Crippen molar-refractivity contribution in [3.63, 3.8) is 0 Å². The Hall–Kier alpha value is -12.4. The lowest BCUT2D eigenvalue weighted by atomic mass is 9.93. The fourth-order valence-electron chi connectivity index (χ4n) is 11.5. The molecule has 13 nitrogen and oxygen atoms in total. The number of nitrogens with zero attached hydrogens (tertiary/aromatic N) is 11. The molecule has 92 heavy (non-hydrogen) atoms. The molecule has 0 bridgehead atoms. The molecule has 0 spiro atoms. The van der Waals surface area contributed by atoms with Gasteiger partial charge in [0.15, 0.2) is 22.8 Å². The van der Waals surface area contributed by atoms with Crippen LogP contribution in [0.1, 0.15) is 20.8 Å². The molecule has 0 amide bonds. The second kappa shape index (κ2) is 25.8. The van der Waals surface area contributed by atoms with E-state index in [0.29, 0.717) is 50.8 Å². The van der Waals surface area contributed by atoms with Crippen LogP contribution in [0.5, 0.6) is 0 Å². The first-order chi connectivity index (χ1) is 45.5. The fourth-order valence-corrected chi connectivity index (χ4v) is 11.5. The average Bonchev–Trinajstić information content (AvgIpc) is 1.55. The smallest absolute Gasteiger partial charge is 0.163 e. The van der Waals surface area contributed by atoms with Crippen LogP contribution in [0.3, 0.4) is 0 Å². The normalized spacial score (nSPS) is 11.2. The van der Waals surface area contributed by atoms with Gasteiger partial charge in [-0.3, -0.25) is 19.9 Å². The van der Waals surface area contributed by atoms with E-state index in [9.17, 15) is 0 Å². The fraction of sp³-hybridized carbons (Fsp3) is 0.0506. The molecule has 16 rings (SSSR count). The Kier molecular flexibility index (Phi) is 16.1. The van der Waals surface area contributed by atoms with Crippen LogP contribution >= 0.6 is 0 Å². The van der Waals surface area contributed by atoms with Crippen LogP contribution in [0, 0.1) is 0 Å². The Balaban J connectivity index is 0.00000118. The molecular weight excluding hydrogens is 1130 g/mol. The molecule has 10 aromatic heterocycles. The Bertz CT molecular complexity index is 4840. The maximum absolute atomic E-state index is 7.13. The second-order valence-electron chi connectivity index (χ2n) is 21.3. The third kappa shape index (κ3) is 11.1. The van der Waals surface area contributed by atoms with E-state index in [1.165, 1.54) is 0 Å². The highest BCUT2D eigenvalue weighted by molar-refractivity contribution is 6.16. The van der Waals surface area contributed by atoms with E-state index < -0.39 is 0 Å². The van der Waals surface area contributed by atoms with Crippen molar-refractivity contribution in [3.05, 3.63) is 268 Å². The zero-order valence-corrected chi connectivity index (χ0v) is 50.7. The van der Waals surface area contributed by atoms with Crippen molar-refractivity contribution in [1.82, 2.24) is 49.8 Å². The average molecular weight is 1190 g/mol. The molecule has 0 unspecified atom stereocenters. The lowest BCUT2D eigenvalue weighted by Crippen LogP contribution is -2.01. The summed E-state index contributed by atoms with van der Waals surface area (Å²) in [5.74, 6) is 1.19. The lowest BCUT2D eigenvalue weighted by molar-refractivity contribution is 0.663. The summed E-state index contributed by atoms with van der Waals surface area (Å²) < 4.78 is 14.2. The molecule has 10 heterocycles. The first-order valence-corrected chi connectivity index (χ1v) is 30.3. The van der Waals surface area contributed by atoms with Crippen LogP contribution in [-0.2, 0) is 0 Å². The van der Waals surface area contributed by atoms with Crippen LogP contribution in [0.25, 0.3) is 168 Å². The van der Waals surface area contributed by atoms with Crippen LogP contribution in [0.4, 0.5) is 0 Å². The molecule has 0 fully saturated rings. The molecule has 0 atom stereocenters. The standard InChI is InChI=1S/C74H44N10O2.C3H7N.C2H6/c1-5-13-45(14-6-1)59-43-56-55-41-53(63-65(47-25-33-75-34-26-47)81-73(51-17-9-3-10-18-51)82-66(63)48-27-35-76-36-28-48)21-23-61(55)85-71(56)70(80-59)58-44-60(46-15-7-2-8-16-46)79-69-57-42-54(22-24-62(57)86-72(58)69)64-67(49-29-37-77-38-30-49)83-74(52-19-11-4-12-20-52)84-68(64)50-31-39-78-40-32-50;1-3-4-2;1-2/h1-44H;3H,1-2H3;1-2H3. The molecular formula is C79H57N11O2. The summed E-state index contributed by atoms with van der Waals surface area (Å²) in [5.41, 5.74) is 19.5. The SMILES string of the molecule is CC.CC=NC.c1ccc(-c2cc3c(oc4ccc(-c5c(-c6ccncc6)nc(-c6ccccc6)nc5-c5ccncc5)cc43)c(-c3cc(-c4ccccc4)nc4c3oc3ccc(-c5c(-c6ccncc6)nc(-c6ccccc6)nc5-c5ccncc5)cc34)n2)cc1. The maximum Gasteiger partial charge on any atom is 0.163 e. The highest BCUT2D eigenvalue weighted by Crippen LogP contribution is 2.47. The van der Waals surface area contributed by atoms with Gasteiger partial charge in [0.2, 0.25) is 0 Å². The molecule has 13 heteroatoms. The third-order valence-corrected chi connectivity index (χ3v) is 15.8. The third-order valence-electron chi connectivity index (χ3n) is 15.8. The van der Waals surface area contributed by atoms with Crippen LogP contribution in [0.2, 0.25) is 0 Å². The summed E-state index contributed by atoms with van der Waals surface area (Å²) in [6, 6.07) is 73.2. The van der Waals surface area contributed by atoms with E-state index >= 15 is 0 Å². The molecule has 16 aromatic rings. The number of furan rings is 2. The van der Waals surface area contributed by atoms with Gasteiger partial charge in [-0.15, -0.1) is 0 Å². The second-order valence-corrected chi connectivity index (χ2v) is 21.3. The zero-order valence-electron chi connectivity index (χ0n) is 50.7. The predicted molar refractivity (Wildman–Crippen MR) is 370 cm³/mol. The van der Waals surface area contributed by atoms with Crippen LogP contribution in [-0.4, -0.2) is 63.1 Å². The van der Waals surface area contributed by atoms with Crippen LogP contribution < -0.4 is 0 Å². The van der Waals surface area contributed by atoms with Gasteiger partial charge < -0.3 is 13.8 Å². The summed E-state index contributed by atoms with van der Waals surface area (Å²) in [6.45, 7) is 5.89. The van der Waals surface area contributed by atoms with E-state index in [-0.39, 0.29) is 0 Å². The minimum atomic E-state index is 0.552. The number of rotatable bonds is 11. The van der Waals surface area contributed by atoms with Gasteiger partial charge in [0.25, 0.3) is 0 Å². The Morgan fingerprint density at radius 1 is 0.315 bits per heavy atom. The lowest BCUT2D eigenvalue weighted by Gasteiger charge is -2.17. The van der Waals surface area contributed by atoms with Gasteiger partial charge >= 0.3 is 0 Å². The largest absolute Gasteiger partial charge is 0.454 e. The quantitative estimate of drug-likeness (QED) is 0.113. The van der Waals surface area contributed by atoms with Gasteiger partial charge in [0.05, 0.1) is 39.7 Å². The van der Waals surface area contributed by atoms with Crippen molar-refractivity contribution in [2.75, 3.05) is 7.05 Å². The summed E-state index contributed by atoms with van der Waals surface area (Å²) in [6.07, 6.45) is 16.1. The van der Waals surface area contributed by atoms with E-state index in [0.717, 1.165) is 117 Å². The Morgan fingerprint density at radius 2 is 0.674 bits per heavy atom. The van der Waals surface area contributed by atoms with E-state index in [1.54, 1.807) is 62.8 Å². The van der Waals surface area contributed by atoms with Crippen molar-refractivity contribution in [2.45, 2.75) is 20.8 Å². The number of aliphatic imine (C=N–C) groups is 1. The van der Waals surface area contributed by atoms with Gasteiger partial charge in [0, 0.05) is 128 Å². The van der Waals surface area contributed by atoms with Gasteiger partial charge in [-0.2, -0.15) is 0 Å². The van der Waals surface area contributed by atoms with Gasteiger partial charge in [-0.1, -0.05) is 147 Å². The molecule has 440 valence electrons. The molecule has 0 aliphatic rings. The van der Waals surface area contributed by atoms with Gasteiger partial charge in [-0.25, -0.2) is 29.9 Å². The summed E-state index contributed by atoms with van der Waals surface area (Å²) >= 11 is 0. The van der Waals surface area contributed by atoms with Crippen molar-refractivity contribution in [1.29, 1.82) is 0 Å². The number of hydrogen-bond donors (Lipinski definition) is 0. The Labute approximate surface area is 530 Å². The molecule has 0 N–H and O–H groups in total. The highest BCUT2D eigenvalue weighted by atomic mass is 16.3. The first kappa shape index (κ1) is 57.4. The van der Waals surface area contributed by atoms with Crippen molar-refractivity contribution >= 4 is 50.2 Å². The summed E-state index contributed by atoms with van der Waals surface area (Å²) in [7, 11) is 1.75. The molecule has 0 saturated heterocycles.